The number of hydrogen-bond acceptors (Lipinski definition) is 5. The summed E-state index contributed by atoms with van der Waals surface area (Å²) in [6.45, 7) is 8.26. The molecule has 0 saturated heterocycles. The van der Waals surface area contributed by atoms with Gasteiger partial charge in [-0.25, -0.2) is 27.9 Å². The molecule has 4 aromatic rings. The summed E-state index contributed by atoms with van der Waals surface area (Å²) < 4.78 is 28.8. The lowest BCUT2D eigenvalue weighted by Crippen LogP contribution is -2.40. The van der Waals surface area contributed by atoms with Crippen LogP contribution in [0.1, 0.15) is 35.1 Å². The van der Waals surface area contributed by atoms with Crippen LogP contribution in [0.4, 0.5) is 4.79 Å². The van der Waals surface area contributed by atoms with E-state index in [1.165, 1.54) is 12.1 Å². The van der Waals surface area contributed by atoms with Crippen LogP contribution in [0.3, 0.4) is 0 Å². The number of benzene rings is 2. The number of carbonyl (C=O) groups excluding carboxylic acids is 1. The zero-order chi connectivity index (χ0) is 25.2. The number of carbonyl (C=O) groups is 1. The highest BCUT2D eigenvalue weighted by Gasteiger charge is 2.17. The molecule has 0 aliphatic rings. The first-order chi connectivity index (χ1) is 16.7. The molecule has 4 rings (SSSR count). The first-order valence-electron chi connectivity index (χ1n) is 11.5. The maximum atomic E-state index is 12.3. The van der Waals surface area contributed by atoms with Gasteiger partial charge in [0.1, 0.15) is 11.3 Å². The van der Waals surface area contributed by atoms with E-state index in [2.05, 4.69) is 16.8 Å². The predicted molar refractivity (Wildman–Crippen MR) is 136 cm³/mol. The molecule has 0 spiro atoms. The van der Waals surface area contributed by atoms with Crippen molar-refractivity contribution in [3.63, 3.8) is 0 Å². The van der Waals surface area contributed by atoms with Gasteiger partial charge in [0.25, 0.3) is 10.0 Å². The third kappa shape index (κ3) is 5.35. The summed E-state index contributed by atoms with van der Waals surface area (Å²) in [4.78, 5) is 21.7. The molecule has 35 heavy (non-hydrogen) atoms. The van der Waals surface area contributed by atoms with E-state index in [-0.39, 0.29) is 4.90 Å². The van der Waals surface area contributed by atoms with Gasteiger partial charge in [-0.15, -0.1) is 0 Å². The minimum atomic E-state index is -3.91. The van der Waals surface area contributed by atoms with E-state index >= 15 is 0 Å². The van der Waals surface area contributed by atoms with E-state index in [9.17, 15) is 13.2 Å². The van der Waals surface area contributed by atoms with Gasteiger partial charge in [-0.1, -0.05) is 36.8 Å². The second-order valence-electron chi connectivity index (χ2n) is 8.56. The lowest BCUT2D eigenvalue weighted by Gasteiger charge is -2.11. The van der Waals surface area contributed by atoms with Gasteiger partial charge in [0.2, 0.25) is 0 Å². The van der Waals surface area contributed by atoms with Crippen molar-refractivity contribution in [1.82, 2.24) is 24.6 Å². The number of pyridine rings is 1. The Hall–Kier alpha value is -3.72. The molecule has 0 aliphatic heterocycles. The van der Waals surface area contributed by atoms with Crippen molar-refractivity contribution in [3.05, 3.63) is 82.8 Å². The topological polar surface area (TPSA) is 106 Å². The predicted octanol–water partition coefficient (Wildman–Crippen LogP) is 4.14. The molecule has 0 radical (unpaired) electrons. The number of aromatic nitrogens is 3. The third-order valence-electron chi connectivity index (χ3n) is 5.77. The summed E-state index contributed by atoms with van der Waals surface area (Å²) in [6, 6.07) is 15.6. The number of fused-ring (bicyclic) bond motifs is 1. The van der Waals surface area contributed by atoms with E-state index in [1.807, 2.05) is 55.8 Å². The Morgan fingerprint density at radius 1 is 0.971 bits per heavy atom. The second-order valence-corrected chi connectivity index (χ2v) is 10.2. The molecule has 0 aliphatic carbocycles. The highest BCUT2D eigenvalue weighted by Crippen LogP contribution is 2.24. The second kappa shape index (κ2) is 9.87. The lowest BCUT2D eigenvalue weighted by molar-refractivity contribution is 0.246. The Morgan fingerprint density at radius 2 is 1.66 bits per heavy atom. The number of amides is 2. The molecule has 2 aromatic heterocycles. The van der Waals surface area contributed by atoms with Gasteiger partial charge in [-0.05, 0) is 68.7 Å². The standard InChI is InChI=1S/C26H29N5O3S/c1-5-23-29-24-18(3)16-19(4)28-25(24)31(23)21-10-8-20(9-11-21)14-15-27-26(32)30-35(33,34)22-12-6-17(2)7-13-22/h6-13,16H,5,14-15H2,1-4H3,(H2,27,30,32). The zero-order valence-electron chi connectivity index (χ0n) is 20.3. The van der Waals surface area contributed by atoms with E-state index in [0.29, 0.717) is 13.0 Å². The fourth-order valence-corrected chi connectivity index (χ4v) is 4.91. The molecule has 2 N–H and O–H groups in total. The van der Waals surface area contributed by atoms with Crippen LogP contribution in [-0.4, -0.2) is 35.5 Å². The highest BCUT2D eigenvalue weighted by atomic mass is 32.2. The van der Waals surface area contributed by atoms with Crippen molar-refractivity contribution in [1.29, 1.82) is 0 Å². The van der Waals surface area contributed by atoms with Crippen molar-refractivity contribution in [3.8, 4) is 5.69 Å². The van der Waals surface area contributed by atoms with Crippen molar-refractivity contribution in [2.75, 3.05) is 6.54 Å². The van der Waals surface area contributed by atoms with E-state index in [0.717, 1.165) is 51.5 Å². The molecule has 2 heterocycles. The Labute approximate surface area is 205 Å². The molecule has 0 fully saturated rings. The monoisotopic (exact) mass is 491 g/mol. The summed E-state index contributed by atoms with van der Waals surface area (Å²) in [5.41, 5.74) is 6.73. The maximum Gasteiger partial charge on any atom is 0.328 e. The van der Waals surface area contributed by atoms with Crippen LogP contribution >= 0.6 is 0 Å². The Balaban J connectivity index is 1.41. The lowest BCUT2D eigenvalue weighted by atomic mass is 10.1. The summed E-state index contributed by atoms with van der Waals surface area (Å²) in [5.74, 6) is 0.946. The summed E-state index contributed by atoms with van der Waals surface area (Å²) in [5, 5.41) is 2.61. The largest absolute Gasteiger partial charge is 0.337 e. The number of nitrogens with zero attached hydrogens (tertiary/aromatic N) is 3. The van der Waals surface area contributed by atoms with Crippen molar-refractivity contribution in [2.24, 2.45) is 0 Å². The fourth-order valence-electron chi connectivity index (χ4n) is 3.98. The average molecular weight is 492 g/mol. The highest BCUT2D eigenvalue weighted by molar-refractivity contribution is 7.90. The molecule has 182 valence electrons. The van der Waals surface area contributed by atoms with Gasteiger partial charge in [0.15, 0.2) is 5.65 Å². The molecule has 2 aromatic carbocycles. The number of rotatable bonds is 7. The van der Waals surface area contributed by atoms with Gasteiger partial charge < -0.3 is 5.32 Å². The van der Waals surface area contributed by atoms with Crippen molar-refractivity contribution >= 4 is 27.2 Å². The van der Waals surface area contributed by atoms with Gasteiger partial charge in [0.05, 0.1) is 4.90 Å². The maximum absolute atomic E-state index is 12.3. The number of urea groups is 1. The molecular weight excluding hydrogens is 462 g/mol. The summed E-state index contributed by atoms with van der Waals surface area (Å²) >= 11 is 0. The summed E-state index contributed by atoms with van der Waals surface area (Å²) in [6.07, 6.45) is 1.33. The first-order valence-corrected chi connectivity index (χ1v) is 13.0. The SMILES string of the molecule is CCc1nc2c(C)cc(C)nc2n1-c1ccc(CCNC(=O)NS(=O)(=O)c2ccc(C)cc2)cc1. The molecule has 9 heteroatoms. The van der Waals surface area contributed by atoms with Gasteiger partial charge in [-0.2, -0.15) is 0 Å². The molecule has 0 bridgehead atoms. The van der Waals surface area contributed by atoms with Crippen LogP contribution in [0.2, 0.25) is 0 Å². The number of aryl methyl sites for hydroxylation is 4. The van der Waals surface area contributed by atoms with Crippen LogP contribution < -0.4 is 10.0 Å². The minimum absolute atomic E-state index is 0.0483. The molecule has 2 amide bonds. The van der Waals surface area contributed by atoms with Gasteiger partial charge >= 0.3 is 6.03 Å². The number of sulfonamides is 1. The summed E-state index contributed by atoms with van der Waals surface area (Å²) in [7, 11) is -3.91. The van der Waals surface area contributed by atoms with Crippen LogP contribution in [0.5, 0.6) is 0 Å². The quantitative estimate of drug-likeness (QED) is 0.404. The first kappa shape index (κ1) is 24.4. The van der Waals surface area contributed by atoms with E-state index < -0.39 is 16.1 Å². The van der Waals surface area contributed by atoms with Crippen LogP contribution in [0.25, 0.3) is 16.9 Å². The average Bonchev–Trinajstić information content (AvgIpc) is 3.18. The number of nitrogens with one attached hydrogen (secondary N) is 2. The van der Waals surface area contributed by atoms with E-state index in [1.54, 1.807) is 12.1 Å². The van der Waals surface area contributed by atoms with Crippen LogP contribution in [0.15, 0.2) is 59.5 Å². The normalized spacial score (nSPS) is 11.5. The molecular formula is C26H29N5O3S. The smallest absolute Gasteiger partial charge is 0.328 e. The van der Waals surface area contributed by atoms with Crippen LogP contribution in [0, 0.1) is 20.8 Å². The Morgan fingerprint density at radius 3 is 2.31 bits per heavy atom. The molecule has 0 unspecified atom stereocenters. The van der Waals surface area contributed by atoms with E-state index in [4.69, 9.17) is 9.97 Å². The Bertz CT molecular complexity index is 1470. The van der Waals surface area contributed by atoms with Gasteiger partial charge in [0, 0.05) is 24.3 Å². The van der Waals surface area contributed by atoms with Crippen molar-refractivity contribution in [2.45, 2.75) is 45.4 Å². The molecule has 0 atom stereocenters. The number of imidazole rings is 1. The molecule has 0 saturated carbocycles. The van der Waals surface area contributed by atoms with Gasteiger partial charge in [-0.3, -0.25) is 4.57 Å². The zero-order valence-corrected chi connectivity index (χ0v) is 21.1. The minimum Gasteiger partial charge on any atom is -0.337 e. The number of hydrogen-bond donors (Lipinski definition) is 2. The third-order valence-corrected chi connectivity index (χ3v) is 7.12. The molecule has 8 nitrogen and oxygen atoms in total. The van der Waals surface area contributed by atoms with Crippen LogP contribution in [-0.2, 0) is 22.9 Å². The fraction of sp³-hybridized carbons (Fsp3) is 0.269. The van der Waals surface area contributed by atoms with Crippen molar-refractivity contribution < 1.29 is 13.2 Å². The Kier molecular flexibility index (Phi) is 6.88.